The summed E-state index contributed by atoms with van der Waals surface area (Å²) in [6.07, 6.45) is 7.10. The molecule has 3 rings (SSSR count). The number of halogens is 1. The Kier molecular flexibility index (Phi) is 3.76. The van der Waals surface area contributed by atoms with Gasteiger partial charge in [0.05, 0.1) is 4.75 Å². The van der Waals surface area contributed by atoms with Crippen molar-refractivity contribution < 1.29 is 9.18 Å². The van der Waals surface area contributed by atoms with Crippen molar-refractivity contribution in [3.8, 4) is 0 Å². The maximum Gasteiger partial charge on any atom is 0.236 e. The Hall–Kier alpha value is -1.03. The van der Waals surface area contributed by atoms with Gasteiger partial charge in [-0.2, -0.15) is 0 Å². The van der Waals surface area contributed by atoms with Crippen molar-refractivity contribution in [3.63, 3.8) is 0 Å². The Bertz CT molecular complexity index is 498. The molecule has 1 aromatic rings. The number of hydrogen-bond acceptors (Lipinski definition) is 2. The maximum absolute atomic E-state index is 12.9. The standard InChI is InChI=1S/C16H20FNOS/c1-20-16(8-9-16)15(19)18-14-7-4-12(10-14)11-2-5-13(17)6-3-11/h2-3,5-6,12,14H,4,7-10H2,1H3,(H,18,19)/t12-,14+/m0/s1. The van der Waals surface area contributed by atoms with Crippen molar-refractivity contribution in [1.29, 1.82) is 0 Å². The van der Waals surface area contributed by atoms with Crippen molar-refractivity contribution in [1.82, 2.24) is 5.32 Å². The molecule has 2 fully saturated rings. The first-order valence-electron chi connectivity index (χ1n) is 7.24. The van der Waals surface area contributed by atoms with E-state index in [2.05, 4.69) is 5.32 Å². The molecule has 2 atom stereocenters. The van der Waals surface area contributed by atoms with Gasteiger partial charge in [0.25, 0.3) is 0 Å². The fraction of sp³-hybridized carbons (Fsp3) is 0.562. The highest BCUT2D eigenvalue weighted by Gasteiger charge is 2.49. The van der Waals surface area contributed by atoms with Crippen LogP contribution < -0.4 is 5.32 Å². The van der Waals surface area contributed by atoms with Crippen LogP contribution in [-0.2, 0) is 4.79 Å². The Morgan fingerprint density at radius 2 is 2.00 bits per heavy atom. The van der Waals surface area contributed by atoms with Gasteiger partial charge in [0.15, 0.2) is 0 Å². The highest BCUT2D eigenvalue weighted by atomic mass is 32.2. The van der Waals surface area contributed by atoms with Crippen molar-refractivity contribution in [2.24, 2.45) is 0 Å². The van der Waals surface area contributed by atoms with E-state index in [1.807, 2.05) is 18.4 Å². The van der Waals surface area contributed by atoms with Crippen LogP contribution in [0.3, 0.4) is 0 Å². The summed E-state index contributed by atoms with van der Waals surface area (Å²) in [5.41, 5.74) is 1.19. The lowest BCUT2D eigenvalue weighted by Gasteiger charge is -2.18. The van der Waals surface area contributed by atoms with Gasteiger partial charge in [0.2, 0.25) is 5.91 Å². The summed E-state index contributed by atoms with van der Waals surface area (Å²) in [6, 6.07) is 7.06. The third-order valence-electron chi connectivity index (χ3n) is 4.62. The number of nitrogens with one attached hydrogen (secondary N) is 1. The molecule has 2 nitrogen and oxygen atoms in total. The minimum absolute atomic E-state index is 0.131. The van der Waals surface area contributed by atoms with E-state index in [1.165, 1.54) is 17.7 Å². The topological polar surface area (TPSA) is 29.1 Å². The molecule has 108 valence electrons. The van der Waals surface area contributed by atoms with Crippen molar-refractivity contribution in [3.05, 3.63) is 35.6 Å². The normalized spacial score (nSPS) is 27.3. The summed E-state index contributed by atoms with van der Waals surface area (Å²) in [7, 11) is 0. The van der Waals surface area contributed by atoms with Gasteiger partial charge < -0.3 is 5.32 Å². The molecule has 1 amide bonds. The van der Waals surface area contributed by atoms with E-state index >= 15 is 0 Å². The van der Waals surface area contributed by atoms with E-state index in [1.54, 1.807) is 11.8 Å². The molecule has 0 radical (unpaired) electrons. The van der Waals surface area contributed by atoms with Crippen LogP contribution in [0.4, 0.5) is 4.39 Å². The zero-order chi connectivity index (χ0) is 14.2. The first-order valence-corrected chi connectivity index (χ1v) is 8.47. The molecule has 0 unspecified atom stereocenters. The monoisotopic (exact) mass is 293 g/mol. The number of thioether (sulfide) groups is 1. The quantitative estimate of drug-likeness (QED) is 0.921. The van der Waals surface area contributed by atoms with Gasteiger partial charge in [0.1, 0.15) is 5.82 Å². The van der Waals surface area contributed by atoms with Crippen LogP contribution in [0.5, 0.6) is 0 Å². The Balaban J connectivity index is 1.57. The molecule has 20 heavy (non-hydrogen) atoms. The summed E-state index contributed by atoms with van der Waals surface area (Å²) in [4.78, 5) is 12.2. The number of benzene rings is 1. The Labute approximate surface area is 123 Å². The summed E-state index contributed by atoms with van der Waals surface area (Å²) < 4.78 is 12.8. The number of carbonyl (C=O) groups excluding carboxylic acids is 1. The average Bonchev–Trinajstić information content (AvgIpc) is 3.14. The molecule has 2 saturated carbocycles. The van der Waals surface area contributed by atoms with E-state index in [4.69, 9.17) is 0 Å². The SMILES string of the molecule is CSC1(C(=O)N[C@@H]2CC[C@H](c3ccc(F)cc3)C2)CC1. The second-order valence-corrected chi connectivity index (χ2v) is 7.12. The highest BCUT2D eigenvalue weighted by Crippen LogP contribution is 2.47. The van der Waals surface area contributed by atoms with Crippen LogP contribution in [0.2, 0.25) is 0 Å². The third-order valence-corrected chi connectivity index (χ3v) is 5.99. The van der Waals surface area contributed by atoms with Crippen molar-refractivity contribution in [2.75, 3.05) is 6.26 Å². The molecule has 0 spiro atoms. The van der Waals surface area contributed by atoms with Crippen LogP contribution in [-0.4, -0.2) is 23.0 Å². The van der Waals surface area contributed by atoms with Crippen LogP contribution in [0.25, 0.3) is 0 Å². The minimum Gasteiger partial charge on any atom is -0.352 e. The molecule has 0 aliphatic heterocycles. The van der Waals surface area contributed by atoms with Crippen molar-refractivity contribution in [2.45, 2.75) is 48.8 Å². The second kappa shape index (κ2) is 5.40. The van der Waals surface area contributed by atoms with E-state index in [-0.39, 0.29) is 22.5 Å². The van der Waals surface area contributed by atoms with Gasteiger partial charge in [-0.25, -0.2) is 4.39 Å². The first-order chi connectivity index (χ1) is 9.63. The number of carbonyl (C=O) groups is 1. The number of amides is 1. The lowest BCUT2D eigenvalue weighted by molar-refractivity contribution is -0.121. The molecule has 0 aromatic heterocycles. The molecule has 1 N–H and O–H groups in total. The van der Waals surface area contributed by atoms with Gasteiger partial charge >= 0.3 is 0 Å². The largest absolute Gasteiger partial charge is 0.352 e. The fourth-order valence-corrected chi connectivity index (χ4v) is 3.86. The zero-order valence-corrected chi connectivity index (χ0v) is 12.5. The molecule has 0 bridgehead atoms. The first kappa shape index (κ1) is 13.9. The molecular formula is C16H20FNOS. The van der Waals surface area contributed by atoms with Crippen LogP contribution >= 0.6 is 11.8 Å². The average molecular weight is 293 g/mol. The van der Waals surface area contributed by atoms with Gasteiger partial charge in [-0.3, -0.25) is 4.79 Å². The lowest BCUT2D eigenvalue weighted by atomic mass is 9.97. The molecule has 1 aromatic carbocycles. The molecule has 2 aliphatic carbocycles. The van der Waals surface area contributed by atoms with Crippen LogP contribution in [0.15, 0.2) is 24.3 Å². The van der Waals surface area contributed by atoms with E-state index in [0.29, 0.717) is 5.92 Å². The van der Waals surface area contributed by atoms with E-state index in [0.717, 1.165) is 32.1 Å². The Morgan fingerprint density at radius 3 is 2.60 bits per heavy atom. The van der Waals surface area contributed by atoms with E-state index in [9.17, 15) is 9.18 Å². The highest BCUT2D eigenvalue weighted by molar-refractivity contribution is 8.01. The maximum atomic E-state index is 12.9. The minimum atomic E-state index is -0.188. The zero-order valence-electron chi connectivity index (χ0n) is 11.7. The number of hydrogen-bond donors (Lipinski definition) is 1. The molecule has 0 heterocycles. The van der Waals surface area contributed by atoms with Gasteiger partial charge in [-0.05, 0) is 62.0 Å². The van der Waals surface area contributed by atoms with Crippen molar-refractivity contribution >= 4 is 17.7 Å². The molecule has 0 saturated heterocycles. The molecule has 2 aliphatic rings. The third kappa shape index (κ3) is 2.71. The summed E-state index contributed by atoms with van der Waals surface area (Å²) in [5, 5.41) is 3.21. The molecule has 4 heteroatoms. The second-order valence-electron chi connectivity index (χ2n) is 5.93. The number of rotatable bonds is 4. The smallest absolute Gasteiger partial charge is 0.236 e. The van der Waals surface area contributed by atoms with Crippen LogP contribution in [0.1, 0.15) is 43.6 Å². The summed E-state index contributed by atoms with van der Waals surface area (Å²) in [5.74, 6) is 0.479. The van der Waals surface area contributed by atoms with Gasteiger partial charge in [-0.1, -0.05) is 12.1 Å². The predicted molar refractivity (Wildman–Crippen MR) is 80.4 cm³/mol. The lowest BCUT2D eigenvalue weighted by Crippen LogP contribution is -2.40. The Morgan fingerprint density at radius 1 is 1.30 bits per heavy atom. The van der Waals surface area contributed by atoms with Gasteiger partial charge in [-0.15, -0.1) is 11.8 Å². The predicted octanol–water partition coefficient (Wildman–Crippen LogP) is 3.47. The fourth-order valence-electron chi connectivity index (χ4n) is 3.10. The summed E-state index contributed by atoms with van der Waals surface area (Å²) >= 11 is 1.67. The van der Waals surface area contributed by atoms with E-state index < -0.39 is 0 Å². The van der Waals surface area contributed by atoms with Gasteiger partial charge in [0, 0.05) is 6.04 Å². The van der Waals surface area contributed by atoms with Crippen LogP contribution in [0, 0.1) is 5.82 Å². The summed E-state index contributed by atoms with van der Waals surface area (Å²) in [6.45, 7) is 0. The molecular weight excluding hydrogens is 273 g/mol.